The molecule has 1 aliphatic heterocycles. The van der Waals surface area contributed by atoms with E-state index in [1.807, 2.05) is 27.7 Å². The lowest BCUT2D eigenvalue weighted by Crippen LogP contribution is -2.57. The summed E-state index contributed by atoms with van der Waals surface area (Å²) in [5, 5.41) is 3.48. The van der Waals surface area contributed by atoms with Gasteiger partial charge in [0.1, 0.15) is 6.04 Å². The molecule has 0 aromatic heterocycles. The highest BCUT2D eigenvalue weighted by atomic mass is 35.5. The van der Waals surface area contributed by atoms with Crippen LogP contribution in [-0.2, 0) is 9.59 Å². The highest BCUT2D eigenvalue weighted by molar-refractivity contribution is 6.36. The van der Waals surface area contributed by atoms with Crippen LogP contribution in [-0.4, -0.2) is 59.7 Å². The molecule has 6 nitrogen and oxygen atoms in total. The standard InChI is InChI=1S/C20H27Cl2N3O3/c1-12(2)17(23-18(26)15-6-5-14(21)11-16(15)22)20(28)25-9-7-24(8-10-25)19(27)13(3)4/h5-6,11-13,17H,7-10H2,1-4H3,(H,23,26). The fraction of sp³-hybridized carbons (Fsp3) is 0.550. The fourth-order valence-electron chi connectivity index (χ4n) is 3.12. The molecule has 0 bridgehead atoms. The number of halogens is 2. The summed E-state index contributed by atoms with van der Waals surface area (Å²) in [6, 6.07) is 3.94. The average molecular weight is 428 g/mol. The lowest BCUT2D eigenvalue weighted by Gasteiger charge is -2.38. The SMILES string of the molecule is CC(C)C(=O)N1CCN(C(=O)C(NC(=O)c2ccc(Cl)cc2Cl)C(C)C)CC1. The molecule has 1 heterocycles. The van der Waals surface area contributed by atoms with Crippen LogP contribution in [0.1, 0.15) is 38.1 Å². The minimum atomic E-state index is -0.674. The summed E-state index contributed by atoms with van der Waals surface area (Å²) in [6.07, 6.45) is 0. The molecule has 1 saturated heterocycles. The maximum Gasteiger partial charge on any atom is 0.253 e. The van der Waals surface area contributed by atoms with Crippen molar-refractivity contribution in [2.24, 2.45) is 11.8 Å². The van der Waals surface area contributed by atoms with Gasteiger partial charge in [0.25, 0.3) is 5.91 Å². The Balaban J connectivity index is 2.04. The van der Waals surface area contributed by atoms with Crippen molar-refractivity contribution in [3.05, 3.63) is 33.8 Å². The zero-order valence-electron chi connectivity index (χ0n) is 16.7. The highest BCUT2D eigenvalue weighted by Crippen LogP contribution is 2.21. The molecule has 1 aromatic carbocycles. The summed E-state index contributed by atoms with van der Waals surface area (Å²) in [4.78, 5) is 41.3. The number of carbonyl (C=O) groups excluding carboxylic acids is 3. The number of piperazine rings is 1. The smallest absolute Gasteiger partial charge is 0.253 e. The van der Waals surface area contributed by atoms with Gasteiger partial charge in [0, 0.05) is 37.1 Å². The molecule has 1 aromatic rings. The van der Waals surface area contributed by atoms with Gasteiger partial charge in [-0.05, 0) is 24.1 Å². The summed E-state index contributed by atoms with van der Waals surface area (Å²) in [6.45, 7) is 9.42. The Kier molecular flexibility index (Phi) is 7.72. The van der Waals surface area contributed by atoms with Crippen molar-refractivity contribution in [3.63, 3.8) is 0 Å². The van der Waals surface area contributed by atoms with Crippen LogP contribution in [0.25, 0.3) is 0 Å². The first-order chi connectivity index (χ1) is 13.1. The fourth-order valence-corrected chi connectivity index (χ4v) is 3.61. The van der Waals surface area contributed by atoms with Gasteiger partial charge < -0.3 is 15.1 Å². The average Bonchev–Trinajstić information content (AvgIpc) is 2.64. The molecule has 1 N–H and O–H groups in total. The molecule has 3 amide bonds. The first kappa shape index (κ1) is 22.5. The van der Waals surface area contributed by atoms with E-state index in [0.29, 0.717) is 31.2 Å². The second kappa shape index (κ2) is 9.61. The molecule has 1 unspecified atom stereocenters. The number of carbonyl (C=O) groups is 3. The van der Waals surface area contributed by atoms with Crippen LogP contribution >= 0.6 is 23.2 Å². The summed E-state index contributed by atoms with van der Waals surface area (Å²) >= 11 is 12.0. The maximum absolute atomic E-state index is 13.0. The van der Waals surface area contributed by atoms with E-state index in [0.717, 1.165) is 0 Å². The number of hydrogen-bond acceptors (Lipinski definition) is 3. The third-order valence-corrected chi connectivity index (χ3v) is 5.34. The van der Waals surface area contributed by atoms with Gasteiger partial charge in [0.2, 0.25) is 11.8 Å². The summed E-state index contributed by atoms with van der Waals surface area (Å²) in [5.41, 5.74) is 0.275. The van der Waals surface area contributed by atoms with Crippen LogP contribution in [0.4, 0.5) is 0 Å². The minimum absolute atomic E-state index is 0.0610. The molecule has 0 radical (unpaired) electrons. The Labute approximate surface area is 176 Å². The molecule has 2 rings (SSSR count). The van der Waals surface area contributed by atoms with E-state index < -0.39 is 11.9 Å². The lowest BCUT2D eigenvalue weighted by atomic mass is 10.0. The predicted molar refractivity (Wildman–Crippen MR) is 111 cm³/mol. The van der Waals surface area contributed by atoms with Crippen molar-refractivity contribution in [3.8, 4) is 0 Å². The third-order valence-electron chi connectivity index (χ3n) is 4.79. The van der Waals surface area contributed by atoms with Gasteiger partial charge in [-0.3, -0.25) is 14.4 Å². The highest BCUT2D eigenvalue weighted by Gasteiger charge is 2.32. The first-order valence-corrected chi connectivity index (χ1v) is 10.2. The maximum atomic E-state index is 13.0. The zero-order chi connectivity index (χ0) is 21.0. The van der Waals surface area contributed by atoms with Gasteiger partial charge in [-0.25, -0.2) is 0 Å². The van der Waals surface area contributed by atoms with Crippen LogP contribution in [0.2, 0.25) is 10.0 Å². The van der Waals surface area contributed by atoms with Crippen LogP contribution < -0.4 is 5.32 Å². The molecule has 1 atom stereocenters. The van der Waals surface area contributed by atoms with Crippen molar-refractivity contribution in [2.75, 3.05) is 26.2 Å². The Morgan fingerprint density at radius 2 is 1.46 bits per heavy atom. The minimum Gasteiger partial charge on any atom is -0.340 e. The van der Waals surface area contributed by atoms with E-state index >= 15 is 0 Å². The van der Waals surface area contributed by atoms with E-state index in [1.54, 1.807) is 15.9 Å². The van der Waals surface area contributed by atoms with E-state index in [2.05, 4.69) is 5.32 Å². The third kappa shape index (κ3) is 5.39. The number of hydrogen-bond donors (Lipinski definition) is 1. The topological polar surface area (TPSA) is 69.7 Å². The lowest BCUT2D eigenvalue weighted by molar-refractivity contribution is -0.142. The number of benzene rings is 1. The van der Waals surface area contributed by atoms with E-state index in [1.165, 1.54) is 12.1 Å². The second-order valence-corrected chi connectivity index (χ2v) is 8.47. The van der Waals surface area contributed by atoms with Crippen molar-refractivity contribution in [1.29, 1.82) is 0 Å². The Morgan fingerprint density at radius 1 is 0.929 bits per heavy atom. The summed E-state index contributed by atoms with van der Waals surface area (Å²) in [7, 11) is 0. The first-order valence-electron chi connectivity index (χ1n) is 9.45. The Morgan fingerprint density at radius 3 is 1.93 bits per heavy atom. The van der Waals surface area contributed by atoms with Gasteiger partial charge in [0.15, 0.2) is 0 Å². The molecule has 1 aliphatic rings. The molecule has 1 fully saturated rings. The van der Waals surface area contributed by atoms with Crippen LogP contribution in [0.15, 0.2) is 18.2 Å². The van der Waals surface area contributed by atoms with Crippen molar-refractivity contribution in [1.82, 2.24) is 15.1 Å². The molecular weight excluding hydrogens is 401 g/mol. The zero-order valence-corrected chi connectivity index (χ0v) is 18.2. The quantitative estimate of drug-likeness (QED) is 0.784. The van der Waals surface area contributed by atoms with Gasteiger partial charge in [-0.15, -0.1) is 0 Å². The largest absolute Gasteiger partial charge is 0.340 e. The van der Waals surface area contributed by atoms with Gasteiger partial charge in [-0.2, -0.15) is 0 Å². The van der Waals surface area contributed by atoms with Crippen molar-refractivity contribution >= 4 is 40.9 Å². The number of nitrogens with one attached hydrogen (secondary N) is 1. The number of amides is 3. The van der Waals surface area contributed by atoms with E-state index in [4.69, 9.17) is 23.2 Å². The molecule has 8 heteroatoms. The van der Waals surface area contributed by atoms with Crippen LogP contribution in [0.5, 0.6) is 0 Å². The van der Waals surface area contributed by atoms with Gasteiger partial charge >= 0.3 is 0 Å². The van der Waals surface area contributed by atoms with Crippen LogP contribution in [0.3, 0.4) is 0 Å². The van der Waals surface area contributed by atoms with E-state index in [9.17, 15) is 14.4 Å². The second-order valence-electron chi connectivity index (χ2n) is 7.62. The van der Waals surface area contributed by atoms with Crippen molar-refractivity contribution < 1.29 is 14.4 Å². The number of nitrogens with zero attached hydrogens (tertiary/aromatic N) is 2. The number of rotatable bonds is 5. The monoisotopic (exact) mass is 427 g/mol. The molecule has 0 spiro atoms. The normalized spacial score (nSPS) is 15.7. The summed E-state index contributed by atoms with van der Waals surface area (Å²) in [5.74, 6) is -0.627. The predicted octanol–water partition coefficient (Wildman–Crippen LogP) is 3.07. The molecule has 0 aliphatic carbocycles. The summed E-state index contributed by atoms with van der Waals surface area (Å²) < 4.78 is 0. The molecule has 154 valence electrons. The Bertz CT molecular complexity index is 744. The molecule has 28 heavy (non-hydrogen) atoms. The molecular formula is C20H27Cl2N3O3. The van der Waals surface area contributed by atoms with Crippen molar-refractivity contribution in [2.45, 2.75) is 33.7 Å². The van der Waals surface area contributed by atoms with E-state index in [-0.39, 0.29) is 34.2 Å². The van der Waals surface area contributed by atoms with Gasteiger partial charge in [0.05, 0.1) is 10.6 Å². The molecule has 0 saturated carbocycles. The Hall–Kier alpha value is -1.79. The van der Waals surface area contributed by atoms with Gasteiger partial charge in [-0.1, -0.05) is 50.9 Å². The van der Waals surface area contributed by atoms with Crippen LogP contribution in [0, 0.1) is 11.8 Å².